The van der Waals surface area contributed by atoms with Gasteiger partial charge in [-0.15, -0.1) is 0 Å². The highest BCUT2D eigenvalue weighted by Crippen LogP contribution is 2.29. The van der Waals surface area contributed by atoms with E-state index >= 15 is 0 Å². The summed E-state index contributed by atoms with van der Waals surface area (Å²) in [7, 11) is 0. The quantitative estimate of drug-likeness (QED) is 0.859. The lowest BCUT2D eigenvalue weighted by Gasteiger charge is -2.05. The molecule has 1 heterocycles. The molecular weight excluding hydrogens is 216 g/mol. The zero-order chi connectivity index (χ0) is 11.5. The minimum absolute atomic E-state index is 0.699. The number of aryl methyl sites for hydroxylation is 2. The van der Waals surface area contributed by atoms with Crippen molar-refractivity contribution in [3.63, 3.8) is 0 Å². The van der Waals surface area contributed by atoms with E-state index in [4.69, 9.17) is 5.73 Å². The Kier molecular flexibility index (Phi) is 3.15. The van der Waals surface area contributed by atoms with Gasteiger partial charge in [0, 0.05) is 4.90 Å². The summed E-state index contributed by atoms with van der Waals surface area (Å²) in [6.07, 6.45) is 1.69. The number of hydrogen-bond acceptors (Lipinski definition) is 3. The Balaban J connectivity index is 2.23. The highest BCUT2D eigenvalue weighted by Gasteiger charge is 2.02. The van der Waals surface area contributed by atoms with Crippen LogP contribution in [-0.4, -0.2) is 4.98 Å². The number of hydrogen-bond donors (Lipinski definition) is 1. The first-order chi connectivity index (χ1) is 7.65. The first-order valence-electron chi connectivity index (χ1n) is 5.12. The molecule has 0 radical (unpaired) electrons. The molecule has 1 aromatic carbocycles. The molecule has 2 nitrogen and oxygen atoms in total. The molecule has 2 N–H and O–H groups in total. The van der Waals surface area contributed by atoms with Gasteiger partial charge in [0.1, 0.15) is 5.03 Å². The average Bonchev–Trinajstić information content (AvgIpc) is 2.25. The number of nitrogen functional groups attached to an aromatic ring is 1. The summed E-state index contributed by atoms with van der Waals surface area (Å²) < 4.78 is 0. The summed E-state index contributed by atoms with van der Waals surface area (Å²) in [5, 5.41) is 0.973. The lowest BCUT2D eigenvalue weighted by molar-refractivity contribution is 1.13. The van der Waals surface area contributed by atoms with E-state index in [0.29, 0.717) is 5.69 Å². The fourth-order valence-corrected chi connectivity index (χ4v) is 2.30. The van der Waals surface area contributed by atoms with Crippen LogP contribution in [0.25, 0.3) is 0 Å². The highest BCUT2D eigenvalue weighted by atomic mass is 32.2. The van der Waals surface area contributed by atoms with Crippen LogP contribution >= 0.6 is 11.8 Å². The van der Waals surface area contributed by atoms with E-state index in [2.05, 4.69) is 37.0 Å². The molecule has 82 valence electrons. The van der Waals surface area contributed by atoms with Crippen molar-refractivity contribution in [3.05, 3.63) is 47.7 Å². The predicted molar refractivity (Wildman–Crippen MR) is 68.7 cm³/mol. The van der Waals surface area contributed by atoms with Crippen LogP contribution in [0, 0.1) is 13.8 Å². The average molecular weight is 230 g/mol. The fraction of sp³-hybridized carbons (Fsp3) is 0.154. The van der Waals surface area contributed by atoms with Crippen molar-refractivity contribution >= 4 is 17.4 Å². The Hall–Kier alpha value is -1.48. The summed E-state index contributed by atoms with van der Waals surface area (Å²) in [5.74, 6) is 0. The second-order valence-corrected chi connectivity index (χ2v) is 4.86. The van der Waals surface area contributed by atoms with Crippen LogP contribution in [0.4, 0.5) is 5.69 Å². The van der Waals surface area contributed by atoms with Crippen molar-refractivity contribution in [2.45, 2.75) is 23.8 Å². The molecule has 0 saturated carbocycles. The number of rotatable bonds is 2. The second-order valence-electron chi connectivity index (χ2n) is 3.80. The van der Waals surface area contributed by atoms with Crippen molar-refractivity contribution < 1.29 is 0 Å². The maximum absolute atomic E-state index is 5.60. The molecule has 0 unspecified atom stereocenters. The smallest absolute Gasteiger partial charge is 0.101 e. The second kappa shape index (κ2) is 4.58. The first kappa shape index (κ1) is 11.0. The third-order valence-electron chi connectivity index (χ3n) is 2.30. The van der Waals surface area contributed by atoms with Gasteiger partial charge in [-0.2, -0.15) is 0 Å². The van der Waals surface area contributed by atoms with Crippen LogP contribution in [-0.2, 0) is 0 Å². The van der Waals surface area contributed by atoms with E-state index in [1.165, 1.54) is 16.0 Å². The minimum Gasteiger partial charge on any atom is -0.397 e. The van der Waals surface area contributed by atoms with Gasteiger partial charge in [0.25, 0.3) is 0 Å². The summed E-state index contributed by atoms with van der Waals surface area (Å²) >= 11 is 1.66. The van der Waals surface area contributed by atoms with Gasteiger partial charge in [-0.05, 0) is 37.6 Å². The molecule has 0 fully saturated rings. The van der Waals surface area contributed by atoms with Gasteiger partial charge in [-0.3, -0.25) is 0 Å². The number of nitrogens with two attached hydrogens (primary N) is 1. The number of benzene rings is 1. The van der Waals surface area contributed by atoms with Crippen LogP contribution in [0.2, 0.25) is 0 Å². The van der Waals surface area contributed by atoms with E-state index in [1.54, 1.807) is 18.0 Å². The molecule has 0 saturated heterocycles. The van der Waals surface area contributed by atoms with E-state index in [9.17, 15) is 0 Å². The van der Waals surface area contributed by atoms with Gasteiger partial charge >= 0.3 is 0 Å². The van der Waals surface area contributed by atoms with Gasteiger partial charge in [-0.1, -0.05) is 29.5 Å². The van der Waals surface area contributed by atoms with Crippen LogP contribution < -0.4 is 5.73 Å². The summed E-state index contributed by atoms with van der Waals surface area (Å²) in [4.78, 5) is 5.51. The number of pyridine rings is 1. The number of anilines is 1. The largest absolute Gasteiger partial charge is 0.397 e. The van der Waals surface area contributed by atoms with Crippen molar-refractivity contribution in [3.8, 4) is 0 Å². The molecule has 16 heavy (non-hydrogen) atoms. The molecule has 0 aliphatic rings. The van der Waals surface area contributed by atoms with Crippen molar-refractivity contribution in [1.29, 1.82) is 0 Å². The normalized spacial score (nSPS) is 10.4. The van der Waals surface area contributed by atoms with Gasteiger partial charge in [0.05, 0.1) is 11.9 Å². The maximum Gasteiger partial charge on any atom is 0.101 e. The van der Waals surface area contributed by atoms with Crippen molar-refractivity contribution in [2.24, 2.45) is 0 Å². The third kappa shape index (κ3) is 2.55. The molecule has 0 bridgehead atoms. The molecule has 0 aliphatic carbocycles. The van der Waals surface area contributed by atoms with Gasteiger partial charge in [0.2, 0.25) is 0 Å². The summed E-state index contributed by atoms with van der Waals surface area (Å²) in [6, 6.07) is 10.2. The lowest BCUT2D eigenvalue weighted by Crippen LogP contribution is -1.87. The van der Waals surface area contributed by atoms with Gasteiger partial charge < -0.3 is 5.73 Å². The molecule has 0 amide bonds. The van der Waals surface area contributed by atoms with E-state index in [-0.39, 0.29) is 0 Å². The number of nitrogens with zero attached hydrogens (tertiary/aromatic N) is 1. The zero-order valence-corrected chi connectivity index (χ0v) is 10.2. The Morgan fingerprint density at radius 2 is 1.94 bits per heavy atom. The van der Waals surface area contributed by atoms with Gasteiger partial charge in [-0.25, -0.2) is 4.98 Å². The Labute approximate surface area is 99.9 Å². The molecule has 0 atom stereocenters. The Bertz CT molecular complexity index is 492. The zero-order valence-electron chi connectivity index (χ0n) is 9.40. The van der Waals surface area contributed by atoms with E-state index in [1.807, 2.05) is 12.1 Å². The molecular formula is C13H14N2S. The fourth-order valence-electron chi connectivity index (χ4n) is 1.48. The number of aromatic nitrogens is 1. The van der Waals surface area contributed by atoms with Crippen molar-refractivity contribution in [1.82, 2.24) is 4.98 Å². The Morgan fingerprint density at radius 3 is 2.56 bits per heavy atom. The minimum atomic E-state index is 0.699. The molecule has 0 aliphatic heterocycles. The van der Waals surface area contributed by atoms with Crippen molar-refractivity contribution in [2.75, 3.05) is 5.73 Å². The van der Waals surface area contributed by atoms with E-state index < -0.39 is 0 Å². The van der Waals surface area contributed by atoms with E-state index in [0.717, 1.165) is 5.03 Å². The molecule has 3 heteroatoms. The monoisotopic (exact) mass is 230 g/mol. The van der Waals surface area contributed by atoms with Crippen LogP contribution in [0.5, 0.6) is 0 Å². The maximum atomic E-state index is 5.60. The lowest BCUT2D eigenvalue weighted by atomic mass is 10.2. The van der Waals surface area contributed by atoms with Gasteiger partial charge in [0.15, 0.2) is 0 Å². The first-order valence-corrected chi connectivity index (χ1v) is 5.93. The summed E-state index contributed by atoms with van der Waals surface area (Å²) in [6.45, 7) is 4.22. The Morgan fingerprint density at radius 1 is 1.12 bits per heavy atom. The third-order valence-corrected chi connectivity index (χ3v) is 3.43. The highest BCUT2D eigenvalue weighted by molar-refractivity contribution is 7.99. The standard InChI is InChI=1S/C13H14N2S/c1-9-3-5-12(10(2)7-9)16-13-6-4-11(14)8-15-13/h3-8H,14H2,1-2H3. The molecule has 2 aromatic rings. The summed E-state index contributed by atoms with van der Waals surface area (Å²) in [5.41, 5.74) is 8.86. The van der Waals surface area contributed by atoms with Crippen LogP contribution in [0.1, 0.15) is 11.1 Å². The topological polar surface area (TPSA) is 38.9 Å². The molecule has 0 spiro atoms. The SMILES string of the molecule is Cc1ccc(Sc2ccc(N)cn2)c(C)c1. The molecule has 2 rings (SSSR count). The van der Waals surface area contributed by atoms with Crippen LogP contribution in [0.15, 0.2) is 46.5 Å². The predicted octanol–water partition coefficient (Wildman–Crippen LogP) is 3.43. The molecule has 1 aromatic heterocycles. The van der Waals surface area contributed by atoms with Crippen LogP contribution in [0.3, 0.4) is 0 Å².